The lowest BCUT2D eigenvalue weighted by molar-refractivity contribution is -0.605. The third-order valence-corrected chi connectivity index (χ3v) is 6.20. The monoisotopic (exact) mass is 530 g/mol. The zero-order chi connectivity index (χ0) is 22.5. The van der Waals surface area contributed by atoms with Crippen LogP contribution in [0.3, 0.4) is 0 Å². The SMILES string of the molecule is COc1cc([C@H](Cc2c(Cl)c[n+]([O-])cc2Cl)OC(=O)[C@H]2NCCS2)ccc1OC(F)F.Cl. The molecule has 1 aromatic carbocycles. The van der Waals surface area contributed by atoms with Crippen molar-refractivity contribution in [3.63, 3.8) is 0 Å². The number of rotatable bonds is 8. The van der Waals surface area contributed by atoms with Crippen molar-refractivity contribution in [3.05, 3.63) is 57.0 Å². The van der Waals surface area contributed by atoms with Crippen LogP contribution in [0.4, 0.5) is 8.78 Å². The van der Waals surface area contributed by atoms with Gasteiger partial charge in [-0.1, -0.05) is 29.3 Å². The molecule has 1 aliphatic heterocycles. The molecule has 1 N–H and O–H groups in total. The van der Waals surface area contributed by atoms with E-state index in [9.17, 15) is 18.8 Å². The first kappa shape index (κ1) is 26.5. The van der Waals surface area contributed by atoms with Crippen LogP contribution < -0.4 is 19.5 Å². The summed E-state index contributed by atoms with van der Waals surface area (Å²) in [5.74, 6) is 0.136. The topological polar surface area (TPSA) is 83.7 Å². The van der Waals surface area contributed by atoms with Crippen LogP contribution in [0.25, 0.3) is 0 Å². The van der Waals surface area contributed by atoms with Crippen LogP contribution >= 0.6 is 47.4 Å². The molecule has 3 rings (SSSR count). The second kappa shape index (κ2) is 11.9. The predicted molar refractivity (Wildman–Crippen MR) is 119 cm³/mol. The number of aromatic nitrogens is 1. The van der Waals surface area contributed by atoms with Crippen LogP contribution in [0.1, 0.15) is 17.2 Å². The number of methoxy groups -OCH3 is 1. The van der Waals surface area contributed by atoms with E-state index in [1.807, 2.05) is 0 Å². The second-order valence-corrected chi connectivity index (χ2v) is 8.44. The van der Waals surface area contributed by atoms with Crippen molar-refractivity contribution in [2.24, 2.45) is 0 Å². The standard InChI is InChI=1S/C19H18Cl2F2N2O5S.ClH/c1-28-16-6-10(2-3-14(16)30-19(22)23)15(29-18(26)17-24-4-5-31-17)7-11-12(20)8-25(27)9-13(11)21;/h2-3,6,8-9,15,17,19,24H,4-5,7H2,1H3;1H/t15-,17-;/m0./s1. The van der Waals surface area contributed by atoms with Gasteiger partial charge in [-0.15, -0.1) is 24.2 Å². The van der Waals surface area contributed by atoms with Crippen LogP contribution in [-0.2, 0) is 16.0 Å². The summed E-state index contributed by atoms with van der Waals surface area (Å²) in [6.45, 7) is -2.36. The molecular formula is C19H19Cl3F2N2O5S. The van der Waals surface area contributed by atoms with E-state index in [2.05, 4.69) is 10.1 Å². The van der Waals surface area contributed by atoms with Gasteiger partial charge in [-0.2, -0.15) is 13.5 Å². The Balaban J connectivity index is 0.00000363. The van der Waals surface area contributed by atoms with Crippen molar-refractivity contribution < 1.29 is 32.5 Å². The normalized spacial score (nSPS) is 16.4. The molecule has 13 heteroatoms. The summed E-state index contributed by atoms with van der Waals surface area (Å²) in [5, 5.41) is 14.2. The summed E-state index contributed by atoms with van der Waals surface area (Å²) in [5.41, 5.74) is 0.841. The molecule has 0 aliphatic carbocycles. The Morgan fingerprint density at radius 3 is 2.56 bits per heavy atom. The van der Waals surface area contributed by atoms with Gasteiger partial charge in [0.2, 0.25) is 0 Å². The quantitative estimate of drug-likeness (QED) is 0.311. The molecule has 2 heterocycles. The average Bonchev–Trinajstić information content (AvgIpc) is 3.24. The molecule has 0 unspecified atom stereocenters. The van der Waals surface area contributed by atoms with Crippen LogP contribution in [0, 0.1) is 5.21 Å². The minimum absolute atomic E-state index is 0. The fourth-order valence-electron chi connectivity index (χ4n) is 3.00. The van der Waals surface area contributed by atoms with Crippen molar-refractivity contribution in [2.45, 2.75) is 24.5 Å². The van der Waals surface area contributed by atoms with Gasteiger partial charge in [0.25, 0.3) is 0 Å². The molecule has 2 aromatic rings. The smallest absolute Gasteiger partial charge is 0.387 e. The number of alkyl halides is 2. The Hall–Kier alpha value is -1.72. The van der Waals surface area contributed by atoms with Gasteiger partial charge in [0.1, 0.15) is 16.1 Å². The lowest BCUT2D eigenvalue weighted by Gasteiger charge is -2.22. The van der Waals surface area contributed by atoms with Gasteiger partial charge in [-0.3, -0.25) is 5.32 Å². The number of ether oxygens (including phenoxy) is 3. The van der Waals surface area contributed by atoms with E-state index in [1.165, 1.54) is 37.1 Å². The second-order valence-electron chi connectivity index (χ2n) is 6.42. The molecule has 2 atom stereocenters. The van der Waals surface area contributed by atoms with Gasteiger partial charge in [0, 0.05) is 24.3 Å². The summed E-state index contributed by atoms with van der Waals surface area (Å²) >= 11 is 13.8. The number of pyridine rings is 1. The Bertz CT molecular complexity index is 928. The van der Waals surface area contributed by atoms with E-state index in [0.29, 0.717) is 22.4 Å². The Labute approximate surface area is 203 Å². The van der Waals surface area contributed by atoms with E-state index < -0.39 is 24.1 Å². The highest BCUT2D eigenvalue weighted by molar-refractivity contribution is 8.00. The van der Waals surface area contributed by atoms with Gasteiger partial charge in [-0.25, -0.2) is 4.79 Å². The molecule has 1 aromatic heterocycles. The van der Waals surface area contributed by atoms with Crippen LogP contribution in [0.15, 0.2) is 30.6 Å². The first-order valence-electron chi connectivity index (χ1n) is 9.03. The van der Waals surface area contributed by atoms with E-state index in [1.54, 1.807) is 0 Å². The zero-order valence-electron chi connectivity index (χ0n) is 16.6. The summed E-state index contributed by atoms with van der Waals surface area (Å²) in [4.78, 5) is 12.6. The van der Waals surface area contributed by atoms with Gasteiger partial charge in [0.15, 0.2) is 29.3 Å². The number of benzene rings is 1. The number of esters is 1. The lowest BCUT2D eigenvalue weighted by Crippen LogP contribution is -2.32. The van der Waals surface area contributed by atoms with E-state index in [0.717, 1.165) is 18.1 Å². The van der Waals surface area contributed by atoms with Crippen molar-refractivity contribution in [3.8, 4) is 11.5 Å². The number of carbonyl (C=O) groups is 1. The summed E-state index contributed by atoms with van der Waals surface area (Å²) in [6, 6.07) is 4.21. The zero-order valence-corrected chi connectivity index (χ0v) is 19.7. The Morgan fingerprint density at radius 2 is 2.00 bits per heavy atom. The first-order valence-corrected chi connectivity index (χ1v) is 10.8. The number of hydrogen-bond acceptors (Lipinski definition) is 7. The van der Waals surface area contributed by atoms with Crippen molar-refractivity contribution in [1.29, 1.82) is 0 Å². The highest BCUT2D eigenvalue weighted by Gasteiger charge is 2.29. The molecule has 1 saturated heterocycles. The molecule has 0 bridgehead atoms. The Kier molecular flexibility index (Phi) is 9.90. The molecule has 0 spiro atoms. The van der Waals surface area contributed by atoms with E-state index in [-0.39, 0.29) is 40.4 Å². The maximum Gasteiger partial charge on any atom is 0.387 e. The van der Waals surface area contributed by atoms with Crippen LogP contribution in [0.2, 0.25) is 10.0 Å². The van der Waals surface area contributed by atoms with E-state index >= 15 is 0 Å². The van der Waals surface area contributed by atoms with Crippen molar-refractivity contribution in [2.75, 3.05) is 19.4 Å². The molecule has 1 aliphatic rings. The van der Waals surface area contributed by atoms with Gasteiger partial charge < -0.3 is 19.4 Å². The molecule has 7 nitrogen and oxygen atoms in total. The average molecular weight is 532 g/mol. The van der Waals surface area contributed by atoms with Gasteiger partial charge in [0.05, 0.1) is 7.11 Å². The lowest BCUT2D eigenvalue weighted by atomic mass is 10.0. The largest absolute Gasteiger partial charge is 0.619 e. The number of hydrogen-bond donors (Lipinski definition) is 1. The minimum Gasteiger partial charge on any atom is -0.619 e. The first-order chi connectivity index (χ1) is 14.8. The summed E-state index contributed by atoms with van der Waals surface area (Å²) in [7, 11) is 1.30. The van der Waals surface area contributed by atoms with Crippen LogP contribution in [0.5, 0.6) is 11.5 Å². The van der Waals surface area contributed by atoms with Gasteiger partial charge >= 0.3 is 12.6 Å². The Morgan fingerprint density at radius 1 is 1.31 bits per heavy atom. The summed E-state index contributed by atoms with van der Waals surface area (Å²) < 4.78 is 41.0. The highest BCUT2D eigenvalue weighted by atomic mass is 35.5. The predicted octanol–water partition coefficient (Wildman–Crippen LogP) is 4.15. The molecular weight excluding hydrogens is 513 g/mol. The molecule has 32 heavy (non-hydrogen) atoms. The number of halogens is 5. The number of thioether (sulfide) groups is 1. The third-order valence-electron chi connectivity index (χ3n) is 4.41. The number of nitrogens with one attached hydrogen (secondary N) is 1. The molecule has 1 fully saturated rings. The maximum absolute atomic E-state index is 12.6. The van der Waals surface area contributed by atoms with Gasteiger partial charge in [-0.05, 0) is 17.7 Å². The third kappa shape index (κ3) is 6.64. The number of carbonyl (C=O) groups excluding carboxylic acids is 1. The molecule has 0 radical (unpaired) electrons. The molecule has 0 saturated carbocycles. The number of nitrogens with zero attached hydrogens (tertiary/aromatic N) is 1. The van der Waals surface area contributed by atoms with Crippen molar-refractivity contribution >= 4 is 53.3 Å². The van der Waals surface area contributed by atoms with Crippen LogP contribution in [-0.4, -0.2) is 37.4 Å². The van der Waals surface area contributed by atoms with Crippen molar-refractivity contribution in [1.82, 2.24) is 5.32 Å². The molecule has 0 amide bonds. The fourth-order valence-corrected chi connectivity index (χ4v) is 4.49. The highest BCUT2D eigenvalue weighted by Crippen LogP contribution is 2.36. The fraction of sp³-hybridized carbons (Fsp3) is 0.368. The van der Waals surface area contributed by atoms with E-state index in [4.69, 9.17) is 32.7 Å². The maximum atomic E-state index is 12.6. The minimum atomic E-state index is -3.03. The molecule has 176 valence electrons. The summed E-state index contributed by atoms with van der Waals surface area (Å²) in [6.07, 6.45) is 1.43.